The molecule has 0 fully saturated rings. The van der Waals surface area contributed by atoms with Gasteiger partial charge in [0.05, 0.1) is 6.61 Å². The second kappa shape index (κ2) is 6.62. The fourth-order valence-electron chi connectivity index (χ4n) is 1.45. The summed E-state index contributed by atoms with van der Waals surface area (Å²) >= 11 is 0. The Labute approximate surface area is 70.0 Å². The van der Waals surface area contributed by atoms with E-state index in [1.165, 1.54) is 12.8 Å². The molecule has 0 aliphatic carbocycles. The molecule has 0 aliphatic heterocycles. The normalized spacial score (nSPS) is 13.9. The van der Waals surface area contributed by atoms with E-state index in [9.17, 15) is 0 Å². The molecule has 68 valence electrons. The molecule has 0 rings (SSSR count). The van der Waals surface area contributed by atoms with Crippen LogP contribution in [0.1, 0.15) is 33.6 Å². The Morgan fingerprint density at radius 3 is 2.18 bits per heavy atom. The van der Waals surface area contributed by atoms with Gasteiger partial charge in [0.25, 0.3) is 0 Å². The van der Waals surface area contributed by atoms with Crippen molar-refractivity contribution in [2.75, 3.05) is 13.2 Å². The summed E-state index contributed by atoms with van der Waals surface area (Å²) in [6.45, 7) is 7.58. The van der Waals surface area contributed by atoms with Crippen LogP contribution in [0.2, 0.25) is 0 Å². The van der Waals surface area contributed by atoms with Crippen LogP contribution in [-0.2, 0) is 0 Å². The van der Waals surface area contributed by atoms with Gasteiger partial charge in [0, 0.05) is 12.6 Å². The number of hydrogen-bond acceptors (Lipinski definition) is 2. The van der Waals surface area contributed by atoms with Crippen LogP contribution in [0.15, 0.2) is 0 Å². The number of hydrogen-bond donors (Lipinski definition) is 2. The zero-order valence-electron chi connectivity index (χ0n) is 7.93. The van der Waals surface area contributed by atoms with Gasteiger partial charge >= 0.3 is 0 Å². The fraction of sp³-hybridized carbons (Fsp3) is 1.00. The quantitative estimate of drug-likeness (QED) is 0.614. The van der Waals surface area contributed by atoms with Gasteiger partial charge in [-0.2, -0.15) is 0 Å². The molecule has 0 spiro atoms. The minimum Gasteiger partial charge on any atom is -0.395 e. The lowest BCUT2D eigenvalue weighted by molar-refractivity contribution is 0.268. The zero-order chi connectivity index (χ0) is 8.69. The second-order valence-corrected chi connectivity index (χ2v) is 3.04. The van der Waals surface area contributed by atoms with E-state index in [-0.39, 0.29) is 6.61 Å². The van der Waals surface area contributed by atoms with Gasteiger partial charge in [-0.3, -0.25) is 0 Å². The SMILES string of the molecule is CCC(CC)C(C)NCCO. The molecular weight excluding hydrogens is 138 g/mol. The van der Waals surface area contributed by atoms with Gasteiger partial charge in [-0.1, -0.05) is 26.7 Å². The summed E-state index contributed by atoms with van der Waals surface area (Å²) in [6, 6.07) is 0.539. The molecule has 11 heavy (non-hydrogen) atoms. The van der Waals surface area contributed by atoms with Gasteiger partial charge in [0.2, 0.25) is 0 Å². The van der Waals surface area contributed by atoms with Crippen LogP contribution < -0.4 is 5.32 Å². The van der Waals surface area contributed by atoms with Crippen LogP contribution >= 0.6 is 0 Å². The highest BCUT2D eigenvalue weighted by molar-refractivity contribution is 4.69. The molecule has 0 aromatic carbocycles. The second-order valence-electron chi connectivity index (χ2n) is 3.04. The third-order valence-electron chi connectivity index (χ3n) is 2.33. The van der Waals surface area contributed by atoms with E-state index in [0.29, 0.717) is 6.04 Å². The number of aliphatic hydroxyl groups is 1. The van der Waals surface area contributed by atoms with Gasteiger partial charge in [0.1, 0.15) is 0 Å². The van der Waals surface area contributed by atoms with Crippen molar-refractivity contribution in [2.24, 2.45) is 5.92 Å². The molecule has 0 bridgehead atoms. The van der Waals surface area contributed by atoms with Gasteiger partial charge < -0.3 is 10.4 Å². The minimum atomic E-state index is 0.241. The maximum Gasteiger partial charge on any atom is 0.0556 e. The average molecular weight is 159 g/mol. The molecule has 1 atom stereocenters. The minimum absolute atomic E-state index is 0.241. The summed E-state index contributed by atoms with van der Waals surface area (Å²) in [6.07, 6.45) is 2.44. The summed E-state index contributed by atoms with van der Waals surface area (Å²) in [5.74, 6) is 0.751. The van der Waals surface area contributed by atoms with E-state index < -0.39 is 0 Å². The lowest BCUT2D eigenvalue weighted by Gasteiger charge is -2.21. The summed E-state index contributed by atoms with van der Waals surface area (Å²) < 4.78 is 0. The van der Waals surface area contributed by atoms with E-state index >= 15 is 0 Å². The Balaban J connectivity index is 3.51. The van der Waals surface area contributed by atoms with E-state index in [1.54, 1.807) is 0 Å². The van der Waals surface area contributed by atoms with Crippen LogP contribution in [-0.4, -0.2) is 24.3 Å². The molecule has 2 heteroatoms. The van der Waals surface area contributed by atoms with Crippen LogP contribution in [0.4, 0.5) is 0 Å². The van der Waals surface area contributed by atoms with Gasteiger partial charge in [-0.25, -0.2) is 0 Å². The largest absolute Gasteiger partial charge is 0.395 e. The van der Waals surface area contributed by atoms with Crippen LogP contribution in [0.3, 0.4) is 0 Å². The highest BCUT2D eigenvalue weighted by Gasteiger charge is 2.11. The maximum atomic E-state index is 8.58. The van der Waals surface area contributed by atoms with Crippen molar-refractivity contribution >= 4 is 0 Å². The molecule has 2 N–H and O–H groups in total. The summed E-state index contributed by atoms with van der Waals surface area (Å²) in [5.41, 5.74) is 0. The van der Waals surface area contributed by atoms with Crippen molar-refractivity contribution < 1.29 is 5.11 Å². The third-order valence-corrected chi connectivity index (χ3v) is 2.33. The first-order valence-electron chi connectivity index (χ1n) is 4.60. The number of rotatable bonds is 6. The standard InChI is InChI=1S/C9H21NO/c1-4-9(5-2)8(3)10-6-7-11/h8-11H,4-7H2,1-3H3. The number of aliphatic hydroxyl groups excluding tert-OH is 1. The zero-order valence-corrected chi connectivity index (χ0v) is 7.93. The van der Waals surface area contributed by atoms with Crippen molar-refractivity contribution in [3.05, 3.63) is 0 Å². The first-order chi connectivity index (χ1) is 5.26. The van der Waals surface area contributed by atoms with Crippen LogP contribution in [0, 0.1) is 5.92 Å². The Morgan fingerprint density at radius 2 is 1.82 bits per heavy atom. The highest BCUT2D eigenvalue weighted by Crippen LogP contribution is 2.11. The Morgan fingerprint density at radius 1 is 1.27 bits per heavy atom. The molecule has 0 heterocycles. The summed E-state index contributed by atoms with van der Waals surface area (Å²) in [4.78, 5) is 0. The van der Waals surface area contributed by atoms with E-state index in [2.05, 4.69) is 26.1 Å². The summed E-state index contributed by atoms with van der Waals surface area (Å²) in [5, 5.41) is 11.9. The molecule has 0 amide bonds. The van der Waals surface area contributed by atoms with Gasteiger partial charge in [-0.15, -0.1) is 0 Å². The molecule has 0 saturated carbocycles. The van der Waals surface area contributed by atoms with E-state index in [0.717, 1.165) is 12.5 Å². The van der Waals surface area contributed by atoms with Crippen molar-refractivity contribution in [3.8, 4) is 0 Å². The molecule has 0 radical (unpaired) electrons. The molecule has 0 aliphatic rings. The van der Waals surface area contributed by atoms with E-state index in [4.69, 9.17) is 5.11 Å². The Kier molecular flexibility index (Phi) is 6.57. The monoisotopic (exact) mass is 159 g/mol. The third kappa shape index (κ3) is 4.38. The first kappa shape index (κ1) is 10.9. The van der Waals surface area contributed by atoms with Gasteiger partial charge in [0.15, 0.2) is 0 Å². The topological polar surface area (TPSA) is 32.3 Å². The molecule has 2 nitrogen and oxygen atoms in total. The fourth-order valence-corrected chi connectivity index (χ4v) is 1.45. The van der Waals surface area contributed by atoms with Crippen LogP contribution in [0.25, 0.3) is 0 Å². The Hall–Kier alpha value is -0.0800. The smallest absolute Gasteiger partial charge is 0.0556 e. The molecule has 0 aromatic rings. The lowest BCUT2D eigenvalue weighted by atomic mass is 9.96. The van der Waals surface area contributed by atoms with Crippen molar-refractivity contribution in [1.82, 2.24) is 5.32 Å². The average Bonchev–Trinajstić information content (AvgIpc) is 2.03. The molecule has 1 unspecified atom stereocenters. The highest BCUT2D eigenvalue weighted by atomic mass is 16.3. The van der Waals surface area contributed by atoms with Crippen molar-refractivity contribution in [2.45, 2.75) is 39.7 Å². The lowest BCUT2D eigenvalue weighted by Crippen LogP contribution is -2.34. The Bertz CT molecular complexity index is 81.6. The molecule has 0 aromatic heterocycles. The van der Waals surface area contributed by atoms with Crippen molar-refractivity contribution in [1.29, 1.82) is 0 Å². The molecule has 0 saturated heterocycles. The van der Waals surface area contributed by atoms with E-state index in [1.807, 2.05) is 0 Å². The van der Waals surface area contributed by atoms with Gasteiger partial charge in [-0.05, 0) is 12.8 Å². The summed E-state index contributed by atoms with van der Waals surface area (Å²) in [7, 11) is 0. The number of nitrogens with one attached hydrogen (secondary N) is 1. The maximum absolute atomic E-state index is 8.58. The predicted molar refractivity (Wildman–Crippen MR) is 48.6 cm³/mol. The first-order valence-corrected chi connectivity index (χ1v) is 4.60. The van der Waals surface area contributed by atoms with Crippen molar-refractivity contribution in [3.63, 3.8) is 0 Å². The predicted octanol–water partition coefficient (Wildman–Crippen LogP) is 1.39. The molecular formula is C9H21NO. The van der Waals surface area contributed by atoms with Crippen LogP contribution in [0.5, 0.6) is 0 Å².